The third kappa shape index (κ3) is 3.09. The first-order chi connectivity index (χ1) is 6.93. The Morgan fingerprint density at radius 1 is 1.07 bits per heavy atom. The number of hydrogen-bond donors (Lipinski definition) is 0. The lowest BCUT2D eigenvalue weighted by atomic mass is 10.3. The predicted octanol–water partition coefficient (Wildman–Crippen LogP) is 2.71. The SMILES string of the molecule is CC(C)=C(C)OS(=O)(=O)c1ccccc1. The van der Waals surface area contributed by atoms with Crippen LogP contribution in [0.25, 0.3) is 0 Å². The van der Waals surface area contributed by atoms with Gasteiger partial charge in [0.05, 0.1) is 0 Å². The summed E-state index contributed by atoms with van der Waals surface area (Å²) in [6, 6.07) is 8.09. The average molecular weight is 226 g/mol. The lowest BCUT2D eigenvalue weighted by Gasteiger charge is -2.08. The van der Waals surface area contributed by atoms with Crippen molar-refractivity contribution in [2.24, 2.45) is 0 Å². The van der Waals surface area contributed by atoms with Crippen LogP contribution in [0.3, 0.4) is 0 Å². The minimum Gasteiger partial charge on any atom is -0.384 e. The zero-order chi connectivity index (χ0) is 11.5. The highest BCUT2D eigenvalue weighted by molar-refractivity contribution is 7.86. The Bertz CT molecular complexity index is 454. The van der Waals surface area contributed by atoms with E-state index in [4.69, 9.17) is 4.18 Å². The van der Waals surface area contributed by atoms with Crippen molar-refractivity contribution in [2.45, 2.75) is 25.7 Å². The lowest BCUT2D eigenvalue weighted by molar-refractivity contribution is 0.403. The first-order valence-electron chi connectivity index (χ1n) is 4.57. The largest absolute Gasteiger partial charge is 0.384 e. The van der Waals surface area contributed by atoms with Crippen molar-refractivity contribution in [3.63, 3.8) is 0 Å². The molecule has 3 nitrogen and oxygen atoms in total. The normalized spacial score (nSPS) is 10.9. The molecule has 0 aromatic heterocycles. The topological polar surface area (TPSA) is 43.4 Å². The van der Waals surface area contributed by atoms with Crippen molar-refractivity contribution < 1.29 is 12.6 Å². The Morgan fingerprint density at radius 2 is 1.60 bits per heavy atom. The smallest absolute Gasteiger partial charge is 0.338 e. The molecule has 0 spiro atoms. The molecule has 82 valence electrons. The molecular weight excluding hydrogens is 212 g/mol. The highest BCUT2D eigenvalue weighted by atomic mass is 32.2. The van der Waals surface area contributed by atoms with Gasteiger partial charge in [0.1, 0.15) is 10.7 Å². The highest BCUT2D eigenvalue weighted by Gasteiger charge is 2.15. The molecule has 0 radical (unpaired) electrons. The molecule has 0 bridgehead atoms. The summed E-state index contributed by atoms with van der Waals surface area (Å²) in [5.41, 5.74) is 0.842. The second-order valence-electron chi connectivity index (χ2n) is 3.41. The van der Waals surface area contributed by atoms with E-state index in [1.807, 2.05) is 0 Å². The summed E-state index contributed by atoms with van der Waals surface area (Å²) >= 11 is 0. The molecule has 1 rings (SSSR count). The van der Waals surface area contributed by atoms with Crippen LogP contribution in [0, 0.1) is 0 Å². The van der Waals surface area contributed by atoms with Crippen LogP contribution in [0.2, 0.25) is 0 Å². The van der Waals surface area contributed by atoms with Crippen molar-refractivity contribution in [1.82, 2.24) is 0 Å². The Balaban J connectivity index is 3.02. The van der Waals surface area contributed by atoms with E-state index >= 15 is 0 Å². The van der Waals surface area contributed by atoms with Crippen molar-refractivity contribution >= 4 is 10.1 Å². The molecule has 1 aromatic rings. The van der Waals surface area contributed by atoms with Crippen molar-refractivity contribution in [2.75, 3.05) is 0 Å². The van der Waals surface area contributed by atoms with Crippen LogP contribution in [-0.2, 0) is 14.3 Å². The van der Waals surface area contributed by atoms with Crippen LogP contribution >= 0.6 is 0 Å². The quantitative estimate of drug-likeness (QED) is 0.588. The van der Waals surface area contributed by atoms with Crippen molar-refractivity contribution in [3.05, 3.63) is 41.7 Å². The second kappa shape index (κ2) is 4.49. The molecule has 0 aliphatic heterocycles. The summed E-state index contributed by atoms with van der Waals surface area (Å²) in [5, 5.41) is 0. The Labute approximate surface area is 90.5 Å². The van der Waals surface area contributed by atoms with Gasteiger partial charge in [0, 0.05) is 0 Å². The molecule has 0 unspecified atom stereocenters. The molecule has 0 aliphatic rings. The van der Waals surface area contributed by atoms with Crippen LogP contribution in [-0.4, -0.2) is 8.42 Å². The summed E-state index contributed by atoms with van der Waals surface area (Å²) in [6.07, 6.45) is 0. The molecular formula is C11H14O3S. The molecule has 15 heavy (non-hydrogen) atoms. The van der Waals surface area contributed by atoms with Gasteiger partial charge in [0.2, 0.25) is 0 Å². The van der Waals surface area contributed by atoms with Gasteiger partial charge in [-0.25, -0.2) is 0 Å². The van der Waals surface area contributed by atoms with Crippen molar-refractivity contribution in [3.8, 4) is 0 Å². The van der Waals surface area contributed by atoms with E-state index in [0.29, 0.717) is 5.76 Å². The fourth-order valence-corrected chi connectivity index (χ4v) is 1.97. The Hall–Kier alpha value is -1.29. The monoisotopic (exact) mass is 226 g/mol. The van der Waals surface area contributed by atoms with E-state index in [1.165, 1.54) is 12.1 Å². The van der Waals surface area contributed by atoms with Gasteiger partial charge < -0.3 is 4.18 Å². The summed E-state index contributed by atoms with van der Waals surface area (Å²) in [6.45, 7) is 5.24. The lowest BCUT2D eigenvalue weighted by Crippen LogP contribution is -2.05. The minimum atomic E-state index is -3.66. The van der Waals surface area contributed by atoms with Crippen LogP contribution in [0.5, 0.6) is 0 Å². The van der Waals surface area contributed by atoms with Crippen LogP contribution in [0.1, 0.15) is 20.8 Å². The number of benzene rings is 1. The molecule has 0 amide bonds. The molecule has 0 fully saturated rings. The summed E-state index contributed by atoms with van der Waals surface area (Å²) in [7, 11) is -3.66. The van der Waals surface area contributed by atoms with Gasteiger partial charge in [-0.15, -0.1) is 0 Å². The number of rotatable bonds is 3. The van der Waals surface area contributed by atoms with Gasteiger partial charge in [0.15, 0.2) is 0 Å². The molecule has 4 heteroatoms. The minimum absolute atomic E-state index is 0.172. The molecule has 0 atom stereocenters. The molecule has 1 aromatic carbocycles. The maximum Gasteiger partial charge on any atom is 0.338 e. The highest BCUT2D eigenvalue weighted by Crippen LogP contribution is 2.16. The number of hydrogen-bond acceptors (Lipinski definition) is 3. The molecule has 0 N–H and O–H groups in total. The van der Waals surface area contributed by atoms with Gasteiger partial charge in [-0.3, -0.25) is 0 Å². The fourth-order valence-electron chi connectivity index (χ4n) is 0.883. The van der Waals surface area contributed by atoms with E-state index in [9.17, 15) is 8.42 Å². The predicted molar refractivity (Wildman–Crippen MR) is 58.8 cm³/mol. The van der Waals surface area contributed by atoms with E-state index in [0.717, 1.165) is 5.57 Å². The third-order valence-corrected chi connectivity index (χ3v) is 3.29. The first-order valence-corrected chi connectivity index (χ1v) is 5.98. The summed E-state index contributed by atoms with van der Waals surface area (Å²) in [4.78, 5) is 0.172. The first kappa shape index (κ1) is 11.8. The summed E-state index contributed by atoms with van der Waals surface area (Å²) < 4.78 is 28.3. The average Bonchev–Trinajstić information content (AvgIpc) is 2.18. The molecule has 0 saturated heterocycles. The second-order valence-corrected chi connectivity index (χ2v) is 4.95. The molecule has 0 aliphatic carbocycles. The van der Waals surface area contributed by atoms with Gasteiger partial charge in [0.25, 0.3) is 0 Å². The summed E-state index contributed by atoms with van der Waals surface area (Å²) in [5.74, 6) is 0.416. The van der Waals surface area contributed by atoms with E-state index in [-0.39, 0.29) is 4.90 Å². The maximum absolute atomic E-state index is 11.7. The standard InChI is InChI=1S/C11H14O3S/c1-9(2)10(3)14-15(12,13)11-7-5-4-6-8-11/h4-8H,1-3H3. The van der Waals surface area contributed by atoms with Crippen LogP contribution in [0.4, 0.5) is 0 Å². The van der Waals surface area contributed by atoms with Crippen LogP contribution in [0.15, 0.2) is 46.6 Å². The van der Waals surface area contributed by atoms with Gasteiger partial charge >= 0.3 is 10.1 Å². The molecule has 0 heterocycles. The van der Waals surface area contributed by atoms with E-state index in [1.54, 1.807) is 39.0 Å². The van der Waals surface area contributed by atoms with Crippen LogP contribution < -0.4 is 0 Å². The third-order valence-electron chi connectivity index (χ3n) is 1.97. The Kier molecular flexibility index (Phi) is 3.52. The van der Waals surface area contributed by atoms with Gasteiger partial charge in [-0.05, 0) is 38.5 Å². The van der Waals surface area contributed by atoms with Gasteiger partial charge in [-0.2, -0.15) is 8.42 Å². The fraction of sp³-hybridized carbons (Fsp3) is 0.273. The number of allylic oxidation sites excluding steroid dienone is 2. The van der Waals surface area contributed by atoms with Gasteiger partial charge in [-0.1, -0.05) is 18.2 Å². The Morgan fingerprint density at radius 3 is 2.07 bits per heavy atom. The maximum atomic E-state index is 11.7. The zero-order valence-electron chi connectivity index (χ0n) is 9.02. The van der Waals surface area contributed by atoms with Crippen molar-refractivity contribution in [1.29, 1.82) is 0 Å². The van der Waals surface area contributed by atoms with E-state index < -0.39 is 10.1 Å². The van der Waals surface area contributed by atoms with E-state index in [2.05, 4.69) is 0 Å². The zero-order valence-corrected chi connectivity index (χ0v) is 9.84. The molecule has 0 saturated carbocycles.